The third-order valence-corrected chi connectivity index (χ3v) is 3.92. The van der Waals surface area contributed by atoms with Gasteiger partial charge in [0.2, 0.25) is 0 Å². The van der Waals surface area contributed by atoms with Gasteiger partial charge in [-0.2, -0.15) is 5.10 Å². The molecule has 1 aliphatic heterocycles. The van der Waals surface area contributed by atoms with Crippen LogP contribution >= 0.6 is 0 Å². The van der Waals surface area contributed by atoms with Crippen LogP contribution in [0.5, 0.6) is 0 Å². The third-order valence-electron chi connectivity index (χ3n) is 3.92. The third kappa shape index (κ3) is 3.15. The lowest BCUT2D eigenvalue weighted by molar-refractivity contribution is 0.0689. The molecule has 0 saturated carbocycles. The first-order valence-electron chi connectivity index (χ1n) is 7.22. The maximum atomic E-state index is 11.0. The fraction of sp³-hybridized carbons (Fsp3) is 0.714. The molecule has 0 fully saturated rings. The van der Waals surface area contributed by atoms with Gasteiger partial charge in [0.25, 0.3) is 0 Å². The zero-order valence-electron chi connectivity index (χ0n) is 11.7. The van der Waals surface area contributed by atoms with E-state index in [-0.39, 0.29) is 11.7 Å². The van der Waals surface area contributed by atoms with Crippen molar-refractivity contribution in [2.45, 2.75) is 64.6 Å². The van der Waals surface area contributed by atoms with Crippen LogP contribution in [0.4, 0.5) is 0 Å². The van der Waals surface area contributed by atoms with Crippen LogP contribution in [-0.4, -0.2) is 26.9 Å². The molecule has 19 heavy (non-hydrogen) atoms. The van der Waals surface area contributed by atoms with E-state index in [0.717, 1.165) is 44.3 Å². The fourth-order valence-electron chi connectivity index (χ4n) is 2.73. The van der Waals surface area contributed by atoms with E-state index in [1.54, 1.807) is 6.07 Å². The summed E-state index contributed by atoms with van der Waals surface area (Å²) >= 11 is 0. The summed E-state index contributed by atoms with van der Waals surface area (Å²) in [6.07, 6.45) is 5.46. The largest absolute Gasteiger partial charge is 0.476 e. The molecule has 106 valence electrons. The van der Waals surface area contributed by atoms with Crippen LogP contribution in [-0.2, 0) is 6.54 Å². The second kappa shape index (κ2) is 6.19. The first-order valence-corrected chi connectivity index (χ1v) is 7.22. The van der Waals surface area contributed by atoms with Crippen molar-refractivity contribution in [1.29, 1.82) is 0 Å². The molecule has 0 radical (unpaired) electrons. The van der Waals surface area contributed by atoms with Gasteiger partial charge in [-0.25, -0.2) is 4.79 Å². The Bertz CT molecular complexity index is 438. The molecule has 1 atom stereocenters. The Balaban J connectivity index is 2.23. The summed E-state index contributed by atoms with van der Waals surface area (Å²) in [5.41, 5.74) is 1.19. The molecule has 1 aromatic heterocycles. The van der Waals surface area contributed by atoms with Crippen molar-refractivity contribution < 1.29 is 9.90 Å². The van der Waals surface area contributed by atoms with Crippen molar-refractivity contribution in [3.63, 3.8) is 0 Å². The van der Waals surface area contributed by atoms with Gasteiger partial charge < -0.3 is 10.4 Å². The molecule has 1 aliphatic rings. The predicted octanol–water partition coefficient (Wildman–Crippen LogP) is 2.58. The number of nitrogens with zero attached hydrogens (tertiary/aromatic N) is 2. The Labute approximate surface area is 114 Å². The molecule has 2 rings (SSSR count). The highest BCUT2D eigenvalue weighted by Crippen LogP contribution is 2.26. The summed E-state index contributed by atoms with van der Waals surface area (Å²) in [5, 5.41) is 16.9. The van der Waals surface area contributed by atoms with E-state index < -0.39 is 5.97 Å². The molecule has 0 saturated heterocycles. The number of aryl methyl sites for hydroxylation is 1. The number of nitrogens with one attached hydrogen (secondary N) is 1. The number of carbonyl (C=O) groups is 1. The number of carboxylic acids is 1. The Morgan fingerprint density at radius 2 is 2.26 bits per heavy atom. The first-order chi connectivity index (χ1) is 9.15. The summed E-state index contributed by atoms with van der Waals surface area (Å²) in [6, 6.07) is 2.45. The topological polar surface area (TPSA) is 67.2 Å². The molecule has 0 bridgehead atoms. The van der Waals surface area contributed by atoms with Gasteiger partial charge in [0.05, 0.1) is 5.69 Å². The molecule has 0 amide bonds. The van der Waals surface area contributed by atoms with Gasteiger partial charge in [0.1, 0.15) is 0 Å². The van der Waals surface area contributed by atoms with Gasteiger partial charge in [-0.1, -0.05) is 13.8 Å². The SMILES string of the molecule is CCC(CC)NC1CCCCn2nc(C(=O)O)cc21. The molecule has 2 N–H and O–H groups in total. The number of hydrogen-bond donors (Lipinski definition) is 2. The highest BCUT2D eigenvalue weighted by Gasteiger charge is 2.24. The van der Waals surface area contributed by atoms with Crippen LogP contribution < -0.4 is 5.32 Å². The molecule has 1 unspecified atom stereocenters. The van der Waals surface area contributed by atoms with E-state index >= 15 is 0 Å². The van der Waals surface area contributed by atoms with Crippen LogP contribution in [0.3, 0.4) is 0 Å². The smallest absolute Gasteiger partial charge is 0.356 e. The standard InChI is InChI=1S/C14H23N3O2/c1-3-10(4-2)15-11-7-5-6-8-17-13(11)9-12(16-17)14(18)19/h9-11,15H,3-8H2,1-2H3,(H,18,19). The van der Waals surface area contributed by atoms with Gasteiger partial charge in [0.15, 0.2) is 5.69 Å². The van der Waals surface area contributed by atoms with Crippen LogP contribution in [0, 0.1) is 0 Å². The van der Waals surface area contributed by atoms with Gasteiger partial charge >= 0.3 is 5.97 Å². The zero-order valence-corrected chi connectivity index (χ0v) is 11.7. The summed E-state index contributed by atoms with van der Waals surface area (Å²) < 4.78 is 1.87. The highest BCUT2D eigenvalue weighted by atomic mass is 16.4. The Kier molecular flexibility index (Phi) is 4.58. The highest BCUT2D eigenvalue weighted by molar-refractivity contribution is 5.85. The average molecular weight is 265 g/mol. The summed E-state index contributed by atoms with van der Waals surface area (Å²) in [7, 11) is 0. The number of carboxylic acid groups (broad SMARTS) is 1. The second-order valence-corrected chi connectivity index (χ2v) is 5.21. The zero-order chi connectivity index (χ0) is 13.8. The minimum absolute atomic E-state index is 0.160. The summed E-state index contributed by atoms with van der Waals surface area (Å²) in [6.45, 7) is 5.18. The van der Waals surface area contributed by atoms with Crippen LogP contribution in [0.2, 0.25) is 0 Å². The van der Waals surface area contributed by atoms with E-state index in [2.05, 4.69) is 24.3 Å². The van der Waals surface area contributed by atoms with Crippen molar-refractivity contribution >= 4 is 5.97 Å². The molecule has 1 aromatic rings. The monoisotopic (exact) mass is 265 g/mol. The van der Waals surface area contributed by atoms with Gasteiger partial charge in [0, 0.05) is 18.6 Å². The maximum absolute atomic E-state index is 11.0. The van der Waals surface area contributed by atoms with Crippen molar-refractivity contribution in [1.82, 2.24) is 15.1 Å². The minimum Gasteiger partial charge on any atom is -0.476 e. The Hall–Kier alpha value is -1.36. The Morgan fingerprint density at radius 1 is 1.53 bits per heavy atom. The molecule has 0 spiro atoms. The van der Waals surface area contributed by atoms with Crippen LogP contribution in [0.15, 0.2) is 6.07 Å². The minimum atomic E-state index is -0.943. The predicted molar refractivity (Wildman–Crippen MR) is 73.3 cm³/mol. The lowest BCUT2D eigenvalue weighted by Gasteiger charge is -2.23. The number of rotatable bonds is 5. The van der Waals surface area contributed by atoms with Crippen molar-refractivity contribution in [3.8, 4) is 0 Å². The fourth-order valence-corrected chi connectivity index (χ4v) is 2.73. The normalized spacial score (nSPS) is 19.2. The van der Waals surface area contributed by atoms with Crippen molar-refractivity contribution in [2.75, 3.05) is 0 Å². The lowest BCUT2D eigenvalue weighted by Crippen LogP contribution is -2.32. The summed E-state index contributed by atoms with van der Waals surface area (Å²) in [4.78, 5) is 11.0. The number of hydrogen-bond acceptors (Lipinski definition) is 3. The van der Waals surface area contributed by atoms with E-state index in [0.29, 0.717) is 6.04 Å². The van der Waals surface area contributed by atoms with Gasteiger partial charge in [-0.3, -0.25) is 4.68 Å². The number of fused-ring (bicyclic) bond motifs is 1. The molecule has 2 heterocycles. The van der Waals surface area contributed by atoms with Gasteiger partial charge in [-0.15, -0.1) is 0 Å². The molecular formula is C14H23N3O2. The average Bonchev–Trinajstić information content (AvgIpc) is 2.74. The molecule has 5 heteroatoms. The van der Waals surface area contributed by atoms with E-state index in [4.69, 9.17) is 5.11 Å². The number of aromatic nitrogens is 2. The number of aromatic carboxylic acids is 1. The van der Waals surface area contributed by atoms with E-state index in [1.807, 2.05) is 4.68 Å². The molecule has 0 aromatic carbocycles. The Morgan fingerprint density at radius 3 is 2.89 bits per heavy atom. The maximum Gasteiger partial charge on any atom is 0.356 e. The molecule has 0 aliphatic carbocycles. The van der Waals surface area contributed by atoms with E-state index in [1.165, 1.54) is 0 Å². The van der Waals surface area contributed by atoms with Crippen molar-refractivity contribution in [2.24, 2.45) is 0 Å². The quantitative estimate of drug-likeness (QED) is 0.858. The van der Waals surface area contributed by atoms with Crippen LogP contribution in [0.1, 0.15) is 68.2 Å². The lowest BCUT2D eigenvalue weighted by atomic mass is 10.0. The van der Waals surface area contributed by atoms with E-state index in [9.17, 15) is 4.79 Å². The first kappa shape index (κ1) is 14.1. The van der Waals surface area contributed by atoms with Crippen molar-refractivity contribution in [3.05, 3.63) is 17.5 Å². The van der Waals surface area contributed by atoms with Crippen LogP contribution in [0.25, 0.3) is 0 Å². The summed E-state index contributed by atoms with van der Waals surface area (Å²) in [5.74, 6) is -0.943. The molecule has 5 nitrogen and oxygen atoms in total. The second-order valence-electron chi connectivity index (χ2n) is 5.21. The van der Waals surface area contributed by atoms with Gasteiger partial charge in [-0.05, 0) is 38.2 Å². The molecular weight excluding hydrogens is 242 g/mol.